The first kappa shape index (κ1) is 12.6. The van der Waals surface area contributed by atoms with Crippen molar-refractivity contribution in [1.82, 2.24) is 9.97 Å². The van der Waals surface area contributed by atoms with Crippen LogP contribution in [-0.4, -0.2) is 36.2 Å². The Hall–Kier alpha value is -1.50. The Bertz CT molecular complexity index is 335. The summed E-state index contributed by atoms with van der Waals surface area (Å²) in [5.74, 6) is 0.759. The SMILES string of the molecule is Cc1cnc(N)nc1NCCOCC(F)F. The molecule has 0 atom stereocenters. The van der Waals surface area contributed by atoms with Gasteiger partial charge < -0.3 is 15.8 Å². The van der Waals surface area contributed by atoms with Crippen LogP contribution in [0.2, 0.25) is 0 Å². The summed E-state index contributed by atoms with van der Waals surface area (Å²) in [5.41, 5.74) is 6.24. The van der Waals surface area contributed by atoms with E-state index in [2.05, 4.69) is 15.3 Å². The van der Waals surface area contributed by atoms with Gasteiger partial charge in [-0.05, 0) is 6.92 Å². The van der Waals surface area contributed by atoms with Gasteiger partial charge in [0.15, 0.2) is 0 Å². The molecule has 0 unspecified atom stereocenters. The molecule has 0 aliphatic carbocycles. The fraction of sp³-hybridized carbons (Fsp3) is 0.556. The van der Waals surface area contributed by atoms with Crippen LogP contribution in [0.1, 0.15) is 5.56 Å². The van der Waals surface area contributed by atoms with Gasteiger partial charge in [0.05, 0.1) is 6.61 Å². The normalized spacial score (nSPS) is 10.8. The molecule has 0 aliphatic rings. The van der Waals surface area contributed by atoms with E-state index in [-0.39, 0.29) is 12.6 Å². The lowest BCUT2D eigenvalue weighted by Crippen LogP contribution is -2.14. The Labute approximate surface area is 92.0 Å². The second-order valence-electron chi connectivity index (χ2n) is 3.15. The number of aryl methyl sites for hydroxylation is 1. The van der Waals surface area contributed by atoms with Crippen molar-refractivity contribution < 1.29 is 13.5 Å². The van der Waals surface area contributed by atoms with E-state index in [9.17, 15) is 8.78 Å². The molecule has 0 aromatic carbocycles. The molecule has 1 aromatic rings. The van der Waals surface area contributed by atoms with Crippen LogP contribution in [0.4, 0.5) is 20.5 Å². The number of aromatic nitrogens is 2. The topological polar surface area (TPSA) is 73.1 Å². The third-order valence-corrected chi connectivity index (χ3v) is 1.77. The molecule has 3 N–H and O–H groups in total. The van der Waals surface area contributed by atoms with Crippen molar-refractivity contribution in [1.29, 1.82) is 0 Å². The summed E-state index contributed by atoms with van der Waals surface area (Å²) in [4.78, 5) is 7.76. The molecular weight excluding hydrogens is 218 g/mol. The zero-order valence-electron chi connectivity index (χ0n) is 8.91. The molecule has 16 heavy (non-hydrogen) atoms. The molecular formula is C9H14F2N4O. The Kier molecular flexibility index (Phi) is 4.84. The first-order valence-electron chi connectivity index (χ1n) is 4.78. The van der Waals surface area contributed by atoms with E-state index in [1.807, 2.05) is 6.92 Å². The van der Waals surface area contributed by atoms with Crippen LogP contribution in [0.15, 0.2) is 6.20 Å². The van der Waals surface area contributed by atoms with Gasteiger partial charge in [0, 0.05) is 18.3 Å². The van der Waals surface area contributed by atoms with Crippen molar-refractivity contribution in [2.24, 2.45) is 0 Å². The van der Waals surface area contributed by atoms with Gasteiger partial charge in [0.2, 0.25) is 5.95 Å². The summed E-state index contributed by atoms with van der Waals surface area (Å²) in [6, 6.07) is 0. The van der Waals surface area contributed by atoms with E-state index in [4.69, 9.17) is 10.5 Å². The van der Waals surface area contributed by atoms with Crippen molar-refractivity contribution in [3.8, 4) is 0 Å². The highest BCUT2D eigenvalue weighted by Gasteiger charge is 2.03. The first-order valence-corrected chi connectivity index (χ1v) is 4.78. The maximum atomic E-state index is 11.7. The van der Waals surface area contributed by atoms with Gasteiger partial charge in [0.25, 0.3) is 6.43 Å². The zero-order chi connectivity index (χ0) is 12.0. The molecule has 5 nitrogen and oxygen atoms in total. The van der Waals surface area contributed by atoms with Gasteiger partial charge in [0.1, 0.15) is 12.4 Å². The lowest BCUT2D eigenvalue weighted by Gasteiger charge is -2.08. The predicted molar refractivity (Wildman–Crippen MR) is 56.5 cm³/mol. The zero-order valence-corrected chi connectivity index (χ0v) is 8.91. The minimum absolute atomic E-state index is 0.168. The maximum absolute atomic E-state index is 11.7. The lowest BCUT2D eigenvalue weighted by molar-refractivity contribution is 0.0215. The summed E-state index contributed by atoms with van der Waals surface area (Å²) in [5, 5.41) is 2.93. The molecule has 0 amide bonds. The van der Waals surface area contributed by atoms with Crippen LogP contribution in [0.25, 0.3) is 0 Å². The van der Waals surface area contributed by atoms with Crippen molar-refractivity contribution in [2.75, 3.05) is 30.8 Å². The number of alkyl halides is 2. The molecule has 0 saturated heterocycles. The molecule has 7 heteroatoms. The molecule has 0 radical (unpaired) electrons. The molecule has 0 bridgehead atoms. The highest BCUT2D eigenvalue weighted by Crippen LogP contribution is 2.09. The number of hydrogen-bond acceptors (Lipinski definition) is 5. The Morgan fingerprint density at radius 3 is 3.00 bits per heavy atom. The summed E-state index contributed by atoms with van der Waals surface area (Å²) >= 11 is 0. The molecule has 0 saturated carbocycles. The lowest BCUT2D eigenvalue weighted by atomic mass is 10.3. The first-order chi connectivity index (χ1) is 7.59. The van der Waals surface area contributed by atoms with E-state index in [1.54, 1.807) is 6.20 Å². The minimum Gasteiger partial charge on any atom is -0.374 e. The standard InChI is InChI=1S/C9H14F2N4O/c1-6-4-14-9(12)15-8(6)13-2-3-16-5-7(10)11/h4,7H,2-3,5H2,1H3,(H3,12,13,14,15). The molecule has 1 rings (SSSR count). The van der Waals surface area contributed by atoms with E-state index < -0.39 is 13.0 Å². The summed E-state index contributed by atoms with van der Waals surface area (Å²) in [6.07, 6.45) is -0.846. The highest BCUT2D eigenvalue weighted by atomic mass is 19.3. The number of nitrogens with two attached hydrogens (primary N) is 1. The average molecular weight is 232 g/mol. The molecule has 0 fully saturated rings. The van der Waals surface area contributed by atoms with Crippen LogP contribution < -0.4 is 11.1 Å². The summed E-state index contributed by atoms with van der Waals surface area (Å²) in [6.45, 7) is 1.85. The smallest absolute Gasteiger partial charge is 0.261 e. The Morgan fingerprint density at radius 1 is 1.56 bits per heavy atom. The maximum Gasteiger partial charge on any atom is 0.261 e. The van der Waals surface area contributed by atoms with Gasteiger partial charge in [-0.25, -0.2) is 13.8 Å². The van der Waals surface area contributed by atoms with Crippen molar-refractivity contribution in [3.05, 3.63) is 11.8 Å². The Balaban J connectivity index is 2.29. The molecule has 1 aromatic heterocycles. The number of nitrogens with zero attached hydrogens (tertiary/aromatic N) is 2. The van der Waals surface area contributed by atoms with Crippen molar-refractivity contribution in [2.45, 2.75) is 13.3 Å². The van der Waals surface area contributed by atoms with Gasteiger partial charge in [-0.15, -0.1) is 0 Å². The quantitative estimate of drug-likeness (QED) is 0.717. The van der Waals surface area contributed by atoms with Gasteiger partial charge in [-0.1, -0.05) is 0 Å². The van der Waals surface area contributed by atoms with Crippen molar-refractivity contribution >= 4 is 11.8 Å². The molecule has 0 aliphatic heterocycles. The van der Waals surface area contributed by atoms with E-state index in [0.29, 0.717) is 12.4 Å². The summed E-state index contributed by atoms with van der Waals surface area (Å²) in [7, 11) is 0. The minimum atomic E-state index is -2.43. The van der Waals surface area contributed by atoms with Crippen LogP contribution in [0.5, 0.6) is 0 Å². The van der Waals surface area contributed by atoms with Crippen molar-refractivity contribution in [3.63, 3.8) is 0 Å². The Morgan fingerprint density at radius 2 is 2.31 bits per heavy atom. The number of nitrogens with one attached hydrogen (secondary N) is 1. The largest absolute Gasteiger partial charge is 0.374 e. The third kappa shape index (κ3) is 4.35. The number of halogens is 2. The fourth-order valence-corrected chi connectivity index (χ4v) is 1.05. The van der Waals surface area contributed by atoms with Gasteiger partial charge in [-0.2, -0.15) is 4.98 Å². The number of anilines is 2. The fourth-order valence-electron chi connectivity index (χ4n) is 1.05. The van der Waals surface area contributed by atoms with Crippen LogP contribution in [0, 0.1) is 6.92 Å². The molecule has 1 heterocycles. The average Bonchev–Trinajstić information content (AvgIpc) is 2.22. The monoisotopic (exact) mass is 232 g/mol. The van der Waals surface area contributed by atoms with E-state index in [0.717, 1.165) is 5.56 Å². The number of rotatable bonds is 6. The van der Waals surface area contributed by atoms with E-state index in [1.165, 1.54) is 0 Å². The van der Waals surface area contributed by atoms with Crippen LogP contribution in [0.3, 0.4) is 0 Å². The van der Waals surface area contributed by atoms with E-state index >= 15 is 0 Å². The molecule has 0 spiro atoms. The van der Waals surface area contributed by atoms with Crippen LogP contribution in [-0.2, 0) is 4.74 Å². The predicted octanol–water partition coefficient (Wildman–Crippen LogP) is 1.06. The second-order valence-corrected chi connectivity index (χ2v) is 3.15. The van der Waals surface area contributed by atoms with Crippen LogP contribution >= 0.6 is 0 Å². The van der Waals surface area contributed by atoms with Gasteiger partial charge >= 0.3 is 0 Å². The highest BCUT2D eigenvalue weighted by molar-refractivity contribution is 5.44. The molecule has 90 valence electrons. The van der Waals surface area contributed by atoms with Gasteiger partial charge in [-0.3, -0.25) is 0 Å². The number of hydrogen-bond donors (Lipinski definition) is 2. The number of ether oxygens (including phenoxy) is 1. The third-order valence-electron chi connectivity index (χ3n) is 1.77. The number of nitrogen functional groups attached to an aromatic ring is 1. The summed E-state index contributed by atoms with van der Waals surface area (Å²) < 4.78 is 28.1. The second kappa shape index (κ2) is 6.16.